The number of amides is 4. The standard InChI is InChI=1S/C28H32F3N5O4/c1-33-24(39)27(11-17-8-9-17,35-25(40)28(29,30)31)21(10-16-6-7-16)22(37)36-15-26(12-19(36)13-32)20-5-3-2-4-18(20)14-34-23(26)38/h2-5,16-17,19,21H,6-12,14-15H2,1H3,(H,33,39)(H,34,38)(H,35,40)/t19-,21+,26-,27?/m0/s1. The highest BCUT2D eigenvalue weighted by atomic mass is 19.4. The van der Waals surface area contributed by atoms with E-state index in [1.54, 1.807) is 12.1 Å². The summed E-state index contributed by atoms with van der Waals surface area (Å²) >= 11 is 0. The van der Waals surface area contributed by atoms with E-state index in [0.29, 0.717) is 24.9 Å². The van der Waals surface area contributed by atoms with E-state index in [4.69, 9.17) is 0 Å². The molecule has 12 heteroatoms. The number of likely N-dealkylation sites (tertiary alicyclic amines) is 1. The van der Waals surface area contributed by atoms with Crippen molar-refractivity contribution in [2.45, 2.75) is 74.7 Å². The van der Waals surface area contributed by atoms with Crippen molar-refractivity contribution in [1.82, 2.24) is 20.9 Å². The molecule has 214 valence electrons. The first-order valence-electron chi connectivity index (χ1n) is 13.6. The third kappa shape index (κ3) is 4.90. The first-order chi connectivity index (χ1) is 18.9. The second-order valence-corrected chi connectivity index (χ2v) is 11.6. The minimum atomic E-state index is -5.27. The number of fused-ring (bicyclic) bond motifs is 2. The lowest BCUT2D eigenvalue weighted by atomic mass is 9.73. The Morgan fingerprint density at radius 1 is 1.15 bits per heavy atom. The Bertz CT molecular complexity index is 1270. The molecule has 0 aromatic heterocycles. The zero-order valence-electron chi connectivity index (χ0n) is 22.1. The molecule has 1 unspecified atom stereocenters. The van der Waals surface area contributed by atoms with Gasteiger partial charge in [0, 0.05) is 26.6 Å². The van der Waals surface area contributed by atoms with Crippen LogP contribution in [0, 0.1) is 29.1 Å². The van der Waals surface area contributed by atoms with Crippen molar-refractivity contribution in [2.75, 3.05) is 13.6 Å². The van der Waals surface area contributed by atoms with Gasteiger partial charge in [0.15, 0.2) is 0 Å². The van der Waals surface area contributed by atoms with E-state index < -0.39 is 46.8 Å². The molecular weight excluding hydrogens is 527 g/mol. The number of nitrogens with zero attached hydrogens (tertiary/aromatic N) is 2. The van der Waals surface area contributed by atoms with Crippen LogP contribution >= 0.6 is 0 Å². The minimum absolute atomic E-state index is 0.00391. The third-order valence-electron chi connectivity index (χ3n) is 8.89. The molecule has 4 aliphatic rings. The fraction of sp³-hybridized carbons (Fsp3) is 0.607. The molecule has 0 bridgehead atoms. The molecule has 2 saturated carbocycles. The summed E-state index contributed by atoms with van der Waals surface area (Å²) in [5.41, 5.74) is -1.82. The van der Waals surface area contributed by atoms with Crippen LogP contribution in [0.4, 0.5) is 13.2 Å². The summed E-state index contributed by atoms with van der Waals surface area (Å²) in [5, 5.41) is 17.3. The van der Waals surface area contributed by atoms with Gasteiger partial charge in [0.2, 0.25) is 17.7 Å². The molecule has 1 aromatic carbocycles. The third-order valence-corrected chi connectivity index (χ3v) is 8.89. The molecule has 4 amide bonds. The lowest BCUT2D eigenvalue weighted by molar-refractivity contribution is -0.178. The van der Waals surface area contributed by atoms with Crippen LogP contribution in [0.15, 0.2) is 24.3 Å². The fourth-order valence-electron chi connectivity index (χ4n) is 6.48. The molecule has 3 N–H and O–H groups in total. The highest BCUT2D eigenvalue weighted by Gasteiger charge is 2.60. The monoisotopic (exact) mass is 559 g/mol. The summed E-state index contributed by atoms with van der Waals surface area (Å²) < 4.78 is 40.7. The molecule has 1 aromatic rings. The van der Waals surface area contributed by atoms with Crippen LogP contribution in [0.1, 0.15) is 56.1 Å². The van der Waals surface area contributed by atoms with Crippen LogP contribution in [-0.2, 0) is 31.1 Å². The Balaban J connectivity index is 1.57. The number of likely N-dealkylation sites (N-methyl/N-ethyl adjacent to an activating group) is 1. The largest absolute Gasteiger partial charge is 0.471 e. The molecule has 1 saturated heterocycles. The molecule has 0 radical (unpaired) electrons. The van der Waals surface area contributed by atoms with E-state index in [1.807, 2.05) is 17.4 Å². The van der Waals surface area contributed by atoms with Crippen molar-refractivity contribution in [3.63, 3.8) is 0 Å². The normalized spacial score (nSPS) is 26.2. The van der Waals surface area contributed by atoms with Gasteiger partial charge in [0.25, 0.3) is 0 Å². The Hall–Kier alpha value is -3.62. The SMILES string of the molecule is CNC(=O)C(CC1CC1)(NC(=O)C(F)(F)F)[C@H](CC1CC1)C(=O)N1C[C@]2(C[C@H]1C#N)C(=O)NCc1ccccc12. The Labute approximate surface area is 229 Å². The molecule has 40 heavy (non-hydrogen) atoms. The fourth-order valence-corrected chi connectivity index (χ4v) is 6.48. The summed E-state index contributed by atoms with van der Waals surface area (Å²) in [6.07, 6.45) is -2.49. The second-order valence-electron chi connectivity index (χ2n) is 11.6. The van der Waals surface area contributed by atoms with Crippen LogP contribution in [0.3, 0.4) is 0 Å². The summed E-state index contributed by atoms with van der Waals surface area (Å²) in [4.78, 5) is 54.9. The number of alkyl halides is 3. The molecule has 4 atom stereocenters. The van der Waals surface area contributed by atoms with Crippen molar-refractivity contribution in [2.24, 2.45) is 17.8 Å². The Morgan fingerprint density at radius 2 is 1.82 bits per heavy atom. The summed E-state index contributed by atoms with van der Waals surface area (Å²) in [6, 6.07) is 8.32. The quantitative estimate of drug-likeness (QED) is 0.449. The number of rotatable bonds is 8. The van der Waals surface area contributed by atoms with Crippen molar-refractivity contribution >= 4 is 23.6 Å². The topological polar surface area (TPSA) is 131 Å². The van der Waals surface area contributed by atoms with E-state index in [2.05, 4.69) is 16.7 Å². The number of nitriles is 1. The van der Waals surface area contributed by atoms with Crippen molar-refractivity contribution < 1.29 is 32.3 Å². The Kier molecular flexibility index (Phi) is 7.04. The summed E-state index contributed by atoms with van der Waals surface area (Å²) in [7, 11) is 1.26. The zero-order valence-corrected chi connectivity index (χ0v) is 22.1. The number of nitrogens with one attached hydrogen (secondary N) is 3. The van der Waals surface area contributed by atoms with Gasteiger partial charge in [-0.2, -0.15) is 18.4 Å². The molecule has 1 spiro atoms. The highest BCUT2D eigenvalue weighted by Crippen LogP contribution is 2.48. The van der Waals surface area contributed by atoms with Gasteiger partial charge < -0.3 is 20.9 Å². The van der Waals surface area contributed by atoms with Gasteiger partial charge in [-0.3, -0.25) is 19.2 Å². The lowest BCUT2D eigenvalue weighted by Crippen LogP contribution is -2.67. The molecule has 5 rings (SSSR count). The number of hydrogen-bond donors (Lipinski definition) is 3. The van der Waals surface area contributed by atoms with Crippen LogP contribution < -0.4 is 16.0 Å². The predicted molar refractivity (Wildman–Crippen MR) is 135 cm³/mol. The average molecular weight is 560 g/mol. The maximum absolute atomic E-state index is 14.5. The number of carbonyl (C=O) groups is 4. The molecule has 9 nitrogen and oxygen atoms in total. The van der Waals surface area contributed by atoms with E-state index in [1.165, 1.54) is 11.9 Å². The van der Waals surface area contributed by atoms with Gasteiger partial charge in [0.05, 0.1) is 17.4 Å². The molecule has 2 aliphatic carbocycles. The van der Waals surface area contributed by atoms with E-state index in [-0.39, 0.29) is 43.6 Å². The Morgan fingerprint density at radius 3 is 2.42 bits per heavy atom. The number of benzene rings is 1. The highest BCUT2D eigenvalue weighted by molar-refractivity contribution is 5.99. The van der Waals surface area contributed by atoms with Crippen molar-refractivity contribution in [1.29, 1.82) is 5.26 Å². The average Bonchev–Trinajstić information content (AvgIpc) is 3.87. The van der Waals surface area contributed by atoms with Crippen LogP contribution in [0.5, 0.6) is 0 Å². The van der Waals surface area contributed by atoms with Gasteiger partial charge >= 0.3 is 12.1 Å². The lowest BCUT2D eigenvalue weighted by Gasteiger charge is -2.42. The maximum atomic E-state index is 14.5. The van der Waals surface area contributed by atoms with Gasteiger partial charge in [-0.25, -0.2) is 0 Å². The van der Waals surface area contributed by atoms with Gasteiger partial charge in [0.1, 0.15) is 11.6 Å². The molecule has 3 fully saturated rings. The predicted octanol–water partition coefficient (Wildman–Crippen LogP) is 2.06. The number of hydrogen-bond acceptors (Lipinski definition) is 5. The van der Waals surface area contributed by atoms with E-state index >= 15 is 0 Å². The summed E-state index contributed by atoms with van der Waals surface area (Å²) in [6.45, 7) is 0.144. The van der Waals surface area contributed by atoms with Gasteiger partial charge in [-0.05, 0) is 35.8 Å². The van der Waals surface area contributed by atoms with E-state index in [9.17, 15) is 37.6 Å². The maximum Gasteiger partial charge on any atom is 0.471 e. The van der Waals surface area contributed by atoms with E-state index in [0.717, 1.165) is 18.4 Å². The number of carbonyl (C=O) groups excluding carboxylic acids is 4. The zero-order chi connectivity index (χ0) is 28.9. The van der Waals surface area contributed by atoms with Crippen LogP contribution in [0.25, 0.3) is 0 Å². The van der Waals surface area contributed by atoms with Crippen LogP contribution in [0.2, 0.25) is 0 Å². The first-order valence-corrected chi connectivity index (χ1v) is 13.6. The van der Waals surface area contributed by atoms with Gasteiger partial charge in [-0.15, -0.1) is 0 Å². The van der Waals surface area contributed by atoms with Crippen molar-refractivity contribution in [3.05, 3.63) is 35.4 Å². The van der Waals surface area contributed by atoms with Gasteiger partial charge in [-0.1, -0.05) is 49.9 Å². The summed E-state index contributed by atoms with van der Waals surface area (Å²) in [5.74, 6) is -5.68. The van der Waals surface area contributed by atoms with Crippen molar-refractivity contribution in [3.8, 4) is 6.07 Å². The second kappa shape index (κ2) is 10.1. The number of halogens is 3. The first kappa shape index (κ1) is 27.9. The minimum Gasteiger partial charge on any atom is -0.357 e. The molecule has 2 heterocycles. The molecule has 2 aliphatic heterocycles. The van der Waals surface area contributed by atoms with Crippen LogP contribution in [-0.4, -0.2) is 59.9 Å². The smallest absolute Gasteiger partial charge is 0.357 e. The molecular formula is C28H32F3N5O4.